The third-order valence-corrected chi connectivity index (χ3v) is 3.76. The first kappa shape index (κ1) is 16.8. The van der Waals surface area contributed by atoms with Gasteiger partial charge in [-0.05, 0) is 36.2 Å². The first-order chi connectivity index (χ1) is 12.0. The van der Waals surface area contributed by atoms with Gasteiger partial charge in [-0.25, -0.2) is 9.18 Å². The third kappa shape index (κ3) is 4.06. The van der Waals surface area contributed by atoms with Crippen LogP contribution in [0, 0.1) is 5.82 Å². The number of rotatable bonds is 6. The molecule has 0 unspecified atom stereocenters. The quantitative estimate of drug-likeness (QED) is 0.742. The normalized spacial score (nSPS) is 10.8. The molecular weight excluding hydrogens is 327 g/mol. The number of benzene rings is 2. The van der Waals surface area contributed by atoms with E-state index in [1.165, 1.54) is 22.8 Å². The summed E-state index contributed by atoms with van der Waals surface area (Å²) < 4.78 is 24.7. The number of nitrogens with zero attached hydrogens (tertiary/aromatic N) is 1. The van der Waals surface area contributed by atoms with Gasteiger partial charge < -0.3 is 14.5 Å². The first-order valence-electron chi connectivity index (χ1n) is 7.76. The predicted octanol–water partition coefficient (Wildman–Crippen LogP) is 2.01. The Balaban J connectivity index is 1.49. The molecule has 6 nitrogen and oxygen atoms in total. The second kappa shape index (κ2) is 7.21. The molecule has 1 aromatic heterocycles. The highest BCUT2D eigenvalue weighted by molar-refractivity contribution is 5.77. The number of ether oxygens (including phenoxy) is 1. The smallest absolute Gasteiger partial charge is 0.419 e. The standard InChI is InChI=1S/C18H17FN2O4/c1-21-15-9-12(5-6-16(15)25-18(21)23)7-8-20-17(22)11-24-14-4-2-3-13(19)10-14/h2-6,9-10H,7-8,11H2,1H3,(H,20,22). The lowest BCUT2D eigenvalue weighted by Gasteiger charge is -2.08. The van der Waals surface area contributed by atoms with E-state index >= 15 is 0 Å². The molecule has 130 valence electrons. The van der Waals surface area contributed by atoms with Gasteiger partial charge in [-0.2, -0.15) is 0 Å². The summed E-state index contributed by atoms with van der Waals surface area (Å²) in [5, 5.41) is 2.73. The number of carbonyl (C=O) groups is 1. The Bertz CT molecular complexity index is 961. The summed E-state index contributed by atoms with van der Waals surface area (Å²) in [5.74, 6) is -0.806. The molecule has 0 aliphatic heterocycles. The second-order valence-electron chi connectivity index (χ2n) is 5.58. The molecule has 0 saturated carbocycles. The Morgan fingerprint density at radius 1 is 1.28 bits per heavy atom. The molecule has 3 rings (SSSR count). The van der Waals surface area contributed by atoms with Crippen molar-refractivity contribution in [3.63, 3.8) is 0 Å². The summed E-state index contributed by atoms with van der Waals surface area (Å²) in [6.07, 6.45) is 0.598. The lowest BCUT2D eigenvalue weighted by Crippen LogP contribution is -2.30. The van der Waals surface area contributed by atoms with Gasteiger partial charge in [-0.1, -0.05) is 12.1 Å². The lowest BCUT2D eigenvalue weighted by atomic mass is 10.1. The van der Waals surface area contributed by atoms with E-state index in [9.17, 15) is 14.0 Å². The van der Waals surface area contributed by atoms with Gasteiger partial charge >= 0.3 is 5.76 Å². The number of hydrogen-bond acceptors (Lipinski definition) is 4. The van der Waals surface area contributed by atoms with Gasteiger partial charge in [0.15, 0.2) is 12.2 Å². The van der Waals surface area contributed by atoms with Gasteiger partial charge in [0, 0.05) is 19.7 Å². The van der Waals surface area contributed by atoms with Crippen molar-refractivity contribution in [1.29, 1.82) is 0 Å². The van der Waals surface area contributed by atoms with Crippen LogP contribution in [0.15, 0.2) is 51.7 Å². The number of aromatic nitrogens is 1. The van der Waals surface area contributed by atoms with Crippen molar-refractivity contribution in [1.82, 2.24) is 9.88 Å². The number of aryl methyl sites for hydroxylation is 1. The molecule has 3 aromatic rings. The molecule has 0 aliphatic carbocycles. The molecule has 0 saturated heterocycles. The summed E-state index contributed by atoms with van der Waals surface area (Å²) >= 11 is 0. The number of hydrogen-bond donors (Lipinski definition) is 1. The first-order valence-corrected chi connectivity index (χ1v) is 7.76. The molecule has 0 spiro atoms. The Morgan fingerprint density at radius 2 is 2.12 bits per heavy atom. The fourth-order valence-electron chi connectivity index (χ4n) is 2.43. The van der Waals surface area contributed by atoms with Gasteiger partial charge in [-0.15, -0.1) is 0 Å². The lowest BCUT2D eigenvalue weighted by molar-refractivity contribution is -0.123. The summed E-state index contributed by atoms with van der Waals surface area (Å²) in [7, 11) is 1.64. The predicted molar refractivity (Wildman–Crippen MR) is 90.1 cm³/mol. The number of carbonyl (C=O) groups excluding carboxylic acids is 1. The minimum Gasteiger partial charge on any atom is -0.484 e. The van der Waals surface area contributed by atoms with E-state index in [1.54, 1.807) is 19.2 Å². The van der Waals surface area contributed by atoms with E-state index in [2.05, 4.69) is 5.32 Å². The topological polar surface area (TPSA) is 73.5 Å². The van der Waals surface area contributed by atoms with Gasteiger partial charge in [0.05, 0.1) is 5.52 Å². The maximum absolute atomic E-state index is 13.0. The van der Waals surface area contributed by atoms with Gasteiger partial charge in [0.25, 0.3) is 5.91 Å². The van der Waals surface area contributed by atoms with Crippen LogP contribution in [-0.2, 0) is 18.3 Å². The fraction of sp³-hybridized carbons (Fsp3) is 0.222. The zero-order valence-electron chi connectivity index (χ0n) is 13.6. The van der Waals surface area contributed by atoms with Crippen molar-refractivity contribution in [2.75, 3.05) is 13.2 Å². The van der Waals surface area contributed by atoms with Crippen molar-refractivity contribution < 1.29 is 18.3 Å². The maximum Gasteiger partial charge on any atom is 0.419 e. The maximum atomic E-state index is 13.0. The molecule has 0 radical (unpaired) electrons. The second-order valence-corrected chi connectivity index (χ2v) is 5.58. The van der Waals surface area contributed by atoms with E-state index in [4.69, 9.17) is 9.15 Å². The number of halogens is 1. The molecule has 0 aliphatic rings. The van der Waals surface area contributed by atoms with E-state index in [0.717, 1.165) is 5.56 Å². The molecule has 0 bridgehead atoms. The van der Waals surface area contributed by atoms with Gasteiger partial charge in [0.2, 0.25) is 0 Å². The molecule has 7 heteroatoms. The minimum atomic E-state index is -0.415. The summed E-state index contributed by atoms with van der Waals surface area (Å²) in [6.45, 7) is 0.237. The van der Waals surface area contributed by atoms with Crippen LogP contribution in [0.5, 0.6) is 5.75 Å². The van der Waals surface area contributed by atoms with Gasteiger partial charge in [-0.3, -0.25) is 9.36 Å². The Morgan fingerprint density at radius 3 is 2.92 bits per heavy atom. The average molecular weight is 344 g/mol. The van der Waals surface area contributed by atoms with Crippen LogP contribution >= 0.6 is 0 Å². The van der Waals surface area contributed by atoms with Crippen LogP contribution in [0.2, 0.25) is 0 Å². The van der Waals surface area contributed by atoms with E-state index < -0.39 is 11.6 Å². The van der Waals surface area contributed by atoms with Crippen molar-refractivity contribution in [2.24, 2.45) is 7.05 Å². The Kier molecular flexibility index (Phi) is 4.83. The monoisotopic (exact) mass is 344 g/mol. The number of fused-ring (bicyclic) bond motifs is 1. The van der Waals surface area contributed by atoms with E-state index in [-0.39, 0.29) is 12.5 Å². The SMILES string of the molecule is Cn1c(=O)oc2ccc(CCNC(=O)COc3cccc(F)c3)cc21. The number of nitrogens with one attached hydrogen (secondary N) is 1. The molecule has 1 heterocycles. The largest absolute Gasteiger partial charge is 0.484 e. The van der Waals surface area contributed by atoms with Crippen LogP contribution < -0.4 is 15.8 Å². The number of oxazole rings is 1. The third-order valence-electron chi connectivity index (χ3n) is 3.76. The van der Waals surface area contributed by atoms with Crippen molar-refractivity contribution in [3.8, 4) is 5.75 Å². The van der Waals surface area contributed by atoms with E-state index in [0.29, 0.717) is 29.8 Å². The fourth-order valence-corrected chi connectivity index (χ4v) is 2.43. The van der Waals surface area contributed by atoms with Crippen LogP contribution in [-0.4, -0.2) is 23.6 Å². The summed E-state index contributed by atoms with van der Waals surface area (Å²) in [5.41, 5.74) is 2.21. The molecule has 0 atom stereocenters. The highest BCUT2D eigenvalue weighted by atomic mass is 19.1. The van der Waals surface area contributed by atoms with Gasteiger partial charge in [0.1, 0.15) is 11.6 Å². The molecule has 0 fully saturated rings. The minimum absolute atomic E-state index is 0.182. The zero-order chi connectivity index (χ0) is 17.8. The highest BCUT2D eigenvalue weighted by Gasteiger charge is 2.07. The molecule has 25 heavy (non-hydrogen) atoms. The zero-order valence-corrected chi connectivity index (χ0v) is 13.6. The number of amides is 1. The van der Waals surface area contributed by atoms with Crippen molar-refractivity contribution in [2.45, 2.75) is 6.42 Å². The van der Waals surface area contributed by atoms with Crippen molar-refractivity contribution >= 4 is 17.0 Å². The van der Waals surface area contributed by atoms with Crippen LogP contribution in [0.25, 0.3) is 11.1 Å². The van der Waals surface area contributed by atoms with E-state index in [1.807, 2.05) is 12.1 Å². The molecule has 1 N–H and O–H groups in total. The molecular formula is C18H17FN2O4. The summed E-state index contributed by atoms with van der Waals surface area (Å²) in [6, 6.07) is 11.1. The van der Waals surface area contributed by atoms with Crippen molar-refractivity contribution in [3.05, 3.63) is 64.4 Å². The highest BCUT2D eigenvalue weighted by Crippen LogP contribution is 2.14. The Labute approximate surface area is 142 Å². The average Bonchev–Trinajstić information content (AvgIpc) is 2.88. The van der Waals surface area contributed by atoms with Crippen LogP contribution in [0.1, 0.15) is 5.56 Å². The van der Waals surface area contributed by atoms with Crippen LogP contribution in [0.4, 0.5) is 4.39 Å². The summed E-state index contributed by atoms with van der Waals surface area (Å²) in [4.78, 5) is 23.2. The van der Waals surface area contributed by atoms with Crippen LogP contribution in [0.3, 0.4) is 0 Å². The Hall–Kier alpha value is -3.09. The molecule has 2 aromatic carbocycles. The molecule has 1 amide bonds.